The smallest absolute Gasteiger partial charge is 0.342 e. The molecule has 0 bridgehead atoms. The second kappa shape index (κ2) is 4.19. The van der Waals surface area contributed by atoms with Gasteiger partial charge in [0.05, 0.1) is 0 Å². The van der Waals surface area contributed by atoms with E-state index in [0.29, 0.717) is 13.3 Å². The van der Waals surface area contributed by atoms with E-state index in [9.17, 15) is 22.8 Å². The lowest BCUT2D eigenvalue weighted by molar-refractivity contribution is -0.201. The topological polar surface area (TPSA) is 58.2 Å². The Morgan fingerprint density at radius 1 is 1.35 bits per heavy atom. The Morgan fingerprint density at radius 2 is 1.88 bits per heavy atom. The molecule has 7 heteroatoms. The number of amides is 2. The number of halogens is 3. The third kappa shape index (κ3) is 2.53. The van der Waals surface area contributed by atoms with Crippen LogP contribution < -0.4 is 10.6 Å². The molecule has 1 aliphatic rings. The molecule has 2 amide bonds. The molecule has 2 atom stereocenters. The van der Waals surface area contributed by atoms with Gasteiger partial charge in [-0.1, -0.05) is 13.8 Å². The second-order valence-corrected chi connectivity index (χ2v) is 4.77. The summed E-state index contributed by atoms with van der Waals surface area (Å²) in [7, 11) is 0. The second-order valence-electron chi connectivity index (χ2n) is 4.77. The van der Waals surface area contributed by atoms with Crippen LogP contribution in [-0.4, -0.2) is 29.6 Å². The minimum Gasteiger partial charge on any atom is -0.342 e. The zero-order valence-electron chi connectivity index (χ0n) is 9.81. The van der Waals surface area contributed by atoms with Crippen LogP contribution in [0, 0.1) is 5.92 Å². The number of hydrogen-bond donors (Lipinski definition) is 2. The zero-order chi connectivity index (χ0) is 13.4. The molecule has 0 saturated carbocycles. The lowest BCUT2D eigenvalue weighted by atomic mass is 9.93. The first-order valence-electron chi connectivity index (χ1n) is 5.27. The monoisotopic (exact) mass is 252 g/mol. The number of nitrogens with one attached hydrogen (secondary N) is 2. The first-order chi connectivity index (χ1) is 7.58. The minimum atomic E-state index is -4.81. The van der Waals surface area contributed by atoms with Gasteiger partial charge in [0, 0.05) is 0 Å². The maximum absolute atomic E-state index is 12.7. The fraction of sp³-hybridized carbons (Fsp3) is 0.800. The summed E-state index contributed by atoms with van der Waals surface area (Å²) in [4.78, 5) is 23.0. The number of carbonyl (C=O) groups excluding carboxylic acids is 2. The Morgan fingerprint density at radius 3 is 2.29 bits per heavy atom. The van der Waals surface area contributed by atoms with Crippen molar-refractivity contribution in [2.75, 3.05) is 0 Å². The number of hydrogen-bond acceptors (Lipinski definition) is 2. The first-order valence-corrected chi connectivity index (χ1v) is 5.27. The van der Waals surface area contributed by atoms with E-state index in [2.05, 4.69) is 5.32 Å². The summed E-state index contributed by atoms with van der Waals surface area (Å²) in [6, 6.07) is -0.891. The molecule has 1 heterocycles. The Kier molecular flexibility index (Phi) is 3.40. The summed E-state index contributed by atoms with van der Waals surface area (Å²) in [5.41, 5.74) is -2.84. The zero-order valence-corrected chi connectivity index (χ0v) is 9.81. The van der Waals surface area contributed by atoms with E-state index in [1.807, 2.05) is 13.8 Å². The predicted octanol–water partition coefficient (Wildman–Crippen LogP) is 0.968. The summed E-state index contributed by atoms with van der Waals surface area (Å²) in [5.74, 6) is -1.91. The summed E-state index contributed by atoms with van der Waals surface area (Å²) in [6.07, 6.45) is -4.50. The van der Waals surface area contributed by atoms with Gasteiger partial charge in [-0.2, -0.15) is 13.2 Å². The molecule has 1 saturated heterocycles. The average molecular weight is 252 g/mol. The van der Waals surface area contributed by atoms with Gasteiger partial charge in [0.15, 0.2) is 0 Å². The highest BCUT2D eigenvalue weighted by Crippen LogP contribution is 2.32. The van der Waals surface area contributed by atoms with Crippen molar-refractivity contribution in [3.05, 3.63) is 0 Å². The van der Waals surface area contributed by atoms with Gasteiger partial charge in [-0.15, -0.1) is 0 Å². The van der Waals surface area contributed by atoms with Gasteiger partial charge in [-0.3, -0.25) is 9.59 Å². The van der Waals surface area contributed by atoms with Crippen molar-refractivity contribution < 1.29 is 22.8 Å². The van der Waals surface area contributed by atoms with E-state index in [1.165, 1.54) is 0 Å². The highest BCUT2D eigenvalue weighted by atomic mass is 19.4. The maximum atomic E-state index is 12.7. The molecule has 2 N–H and O–H groups in total. The number of alkyl halides is 3. The van der Waals surface area contributed by atoms with Gasteiger partial charge < -0.3 is 10.6 Å². The van der Waals surface area contributed by atoms with Crippen molar-refractivity contribution in [1.29, 1.82) is 0 Å². The molecule has 17 heavy (non-hydrogen) atoms. The molecule has 0 aromatic heterocycles. The van der Waals surface area contributed by atoms with E-state index in [4.69, 9.17) is 0 Å². The highest BCUT2D eigenvalue weighted by molar-refractivity contribution is 6.00. The standard InChI is InChI=1S/C10H15F3N2O2/c1-5(2)4-6-7(16)15-9(3,8(17)14-6)10(11,12)13/h5-6H,4H2,1-3H3,(H,14,17)(H,15,16)/t6-,9+/m0/s1. The number of rotatable bonds is 2. The third-order valence-corrected chi connectivity index (χ3v) is 2.72. The van der Waals surface area contributed by atoms with Crippen molar-refractivity contribution in [1.82, 2.24) is 10.6 Å². The van der Waals surface area contributed by atoms with Crippen molar-refractivity contribution in [2.24, 2.45) is 5.92 Å². The van der Waals surface area contributed by atoms with Crippen LogP contribution in [0.2, 0.25) is 0 Å². The van der Waals surface area contributed by atoms with Crippen LogP contribution in [0.25, 0.3) is 0 Å². The number of piperazine rings is 1. The molecule has 0 aliphatic carbocycles. The first kappa shape index (κ1) is 13.8. The molecule has 1 aliphatic heterocycles. The van der Waals surface area contributed by atoms with Gasteiger partial charge in [0.2, 0.25) is 11.4 Å². The van der Waals surface area contributed by atoms with Crippen LogP contribution >= 0.6 is 0 Å². The molecular formula is C10H15F3N2O2. The van der Waals surface area contributed by atoms with Gasteiger partial charge >= 0.3 is 6.18 Å². The molecule has 0 unspecified atom stereocenters. The van der Waals surface area contributed by atoms with E-state index in [1.54, 1.807) is 5.32 Å². The normalized spacial score (nSPS) is 30.2. The van der Waals surface area contributed by atoms with Crippen molar-refractivity contribution in [3.8, 4) is 0 Å². The molecule has 4 nitrogen and oxygen atoms in total. The lowest BCUT2D eigenvalue weighted by Crippen LogP contribution is -2.73. The van der Waals surface area contributed by atoms with Gasteiger partial charge in [0.1, 0.15) is 6.04 Å². The van der Waals surface area contributed by atoms with Crippen molar-refractivity contribution >= 4 is 11.8 Å². The molecule has 0 aromatic rings. The van der Waals surface area contributed by atoms with Crippen LogP contribution in [0.4, 0.5) is 13.2 Å². The molecular weight excluding hydrogens is 237 g/mol. The van der Waals surface area contributed by atoms with E-state index in [0.717, 1.165) is 0 Å². The Balaban J connectivity index is 2.88. The fourth-order valence-electron chi connectivity index (χ4n) is 1.60. The Labute approximate surface area is 96.9 Å². The summed E-state index contributed by atoms with van der Waals surface area (Å²) in [6.45, 7) is 4.29. The average Bonchev–Trinajstić information content (AvgIpc) is 2.11. The Hall–Kier alpha value is -1.27. The van der Waals surface area contributed by atoms with Crippen LogP contribution in [0.3, 0.4) is 0 Å². The molecule has 1 rings (SSSR count). The van der Waals surface area contributed by atoms with Gasteiger partial charge in [-0.05, 0) is 19.3 Å². The molecule has 98 valence electrons. The summed E-state index contributed by atoms with van der Waals surface area (Å²) >= 11 is 0. The van der Waals surface area contributed by atoms with Crippen LogP contribution in [0.5, 0.6) is 0 Å². The van der Waals surface area contributed by atoms with Crippen LogP contribution in [0.1, 0.15) is 27.2 Å². The van der Waals surface area contributed by atoms with E-state index in [-0.39, 0.29) is 5.92 Å². The third-order valence-electron chi connectivity index (χ3n) is 2.72. The molecule has 1 fully saturated rings. The quantitative estimate of drug-likeness (QED) is 0.769. The molecule has 0 aromatic carbocycles. The molecule has 0 spiro atoms. The lowest BCUT2D eigenvalue weighted by Gasteiger charge is -2.38. The number of carbonyl (C=O) groups is 2. The van der Waals surface area contributed by atoms with Gasteiger partial charge in [0.25, 0.3) is 5.91 Å². The Bertz CT molecular complexity index is 341. The van der Waals surface area contributed by atoms with Crippen LogP contribution in [0.15, 0.2) is 0 Å². The largest absolute Gasteiger partial charge is 0.420 e. The van der Waals surface area contributed by atoms with Crippen molar-refractivity contribution in [3.63, 3.8) is 0 Å². The van der Waals surface area contributed by atoms with E-state index >= 15 is 0 Å². The highest BCUT2D eigenvalue weighted by Gasteiger charge is 2.60. The summed E-state index contributed by atoms with van der Waals surface area (Å²) < 4.78 is 38.0. The van der Waals surface area contributed by atoms with Crippen molar-refractivity contribution in [2.45, 2.75) is 44.9 Å². The van der Waals surface area contributed by atoms with Gasteiger partial charge in [-0.25, -0.2) is 0 Å². The summed E-state index contributed by atoms with van der Waals surface area (Å²) in [5, 5.41) is 3.89. The predicted molar refractivity (Wildman–Crippen MR) is 54.0 cm³/mol. The fourth-order valence-corrected chi connectivity index (χ4v) is 1.60. The molecule has 0 radical (unpaired) electrons. The SMILES string of the molecule is CC(C)C[C@@H]1NC(=O)[C@](C)(C(F)(F)F)NC1=O. The maximum Gasteiger partial charge on any atom is 0.420 e. The van der Waals surface area contributed by atoms with E-state index < -0.39 is 29.6 Å². The van der Waals surface area contributed by atoms with Crippen LogP contribution in [-0.2, 0) is 9.59 Å². The minimum absolute atomic E-state index is 0.0984.